The van der Waals surface area contributed by atoms with E-state index in [2.05, 4.69) is 0 Å². The number of hydrogen-bond acceptors (Lipinski definition) is 2. The summed E-state index contributed by atoms with van der Waals surface area (Å²) in [5.41, 5.74) is 7.17. The Morgan fingerprint density at radius 2 is 2.23 bits per heavy atom. The van der Waals surface area contributed by atoms with Crippen LogP contribution in [0.15, 0.2) is 30.3 Å². The lowest BCUT2D eigenvalue weighted by Gasteiger charge is -1.98. The Bertz CT molecular complexity index is 358. The zero-order valence-electron chi connectivity index (χ0n) is 6.94. The first-order valence-corrected chi connectivity index (χ1v) is 4.16. The van der Waals surface area contributed by atoms with E-state index in [1.54, 1.807) is 6.08 Å². The lowest BCUT2D eigenvalue weighted by Crippen LogP contribution is -2.08. The fraction of sp³-hybridized carbons (Fsp3) is 0. The zero-order chi connectivity index (χ0) is 9.68. The van der Waals surface area contributed by atoms with Gasteiger partial charge in [0.05, 0.1) is 0 Å². The Kier molecular flexibility index (Phi) is 3.34. The summed E-state index contributed by atoms with van der Waals surface area (Å²) in [4.78, 5) is 10.4. The van der Waals surface area contributed by atoms with Crippen molar-refractivity contribution in [2.75, 3.05) is 0 Å². The predicted octanol–water partition coefficient (Wildman–Crippen LogP) is 1.53. The first kappa shape index (κ1) is 9.61. The highest BCUT2D eigenvalue weighted by Crippen LogP contribution is 2.06. The summed E-state index contributed by atoms with van der Waals surface area (Å²) in [6.45, 7) is 0. The third-order valence-electron chi connectivity index (χ3n) is 1.54. The molecule has 0 radical (unpaired) electrons. The number of aldehydes is 1. The van der Waals surface area contributed by atoms with Gasteiger partial charge in [0.15, 0.2) is 0 Å². The molecule has 0 atom stereocenters. The fourth-order valence-corrected chi connectivity index (χ4v) is 1.07. The predicted molar refractivity (Wildman–Crippen MR) is 57.4 cm³/mol. The first-order chi connectivity index (χ1) is 6.24. The second-order valence-electron chi connectivity index (χ2n) is 2.48. The van der Waals surface area contributed by atoms with Gasteiger partial charge in [0, 0.05) is 5.56 Å². The van der Waals surface area contributed by atoms with Gasteiger partial charge in [-0.2, -0.15) is 0 Å². The van der Waals surface area contributed by atoms with Gasteiger partial charge in [0.25, 0.3) is 0 Å². The summed E-state index contributed by atoms with van der Waals surface area (Å²) in [6.07, 6.45) is 3.86. The normalized spacial score (nSPS) is 10.2. The van der Waals surface area contributed by atoms with Crippen molar-refractivity contribution in [2.45, 2.75) is 0 Å². The Labute approximate surface area is 82.1 Å². The van der Waals surface area contributed by atoms with Crippen LogP contribution in [0.25, 0.3) is 6.08 Å². The van der Waals surface area contributed by atoms with E-state index in [0.29, 0.717) is 4.99 Å². The van der Waals surface area contributed by atoms with E-state index in [9.17, 15) is 4.79 Å². The van der Waals surface area contributed by atoms with E-state index >= 15 is 0 Å². The summed E-state index contributed by atoms with van der Waals surface area (Å²) in [7, 11) is 0. The molecule has 0 aromatic heterocycles. The lowest BCUT2D eigenvalue weighted by molar-refractivity contribution is -0.104. The maximum absolute atomic E-state index is 10.1. The van der Waals surface area contributed by atoms with Gasteiger partial charge in [0.1, 0.15) is 11.3 Å². The molecular weight excluding hydrogens is 182 g/mol. The minimum atomic E-state index is 0.362. The average molecular weight is 191 g/mol. The van der Waals surface area contributed by atoms with Crippen molar-refractivity contribution in [3.05, 3.63) is 41.5 Å². The quantitative estimate of drug-likeness (QED) is 0.447. The van der Waals surface area contributed by atoms with Gasteiger partial charge in [0.2, 0.25) is 0 Å². The number of hydrogen-bond donors (Lipinski definition) is 1. The standard InChI is InChI=1S/C10H9NOS/c11-10(13)9-5-1-3-8(7-9)4-2-6-12/h1-7H,(H2,11,13). The van der Waals surface area contributed by atoms with Crippen LogP contribution in [-0.4, -0.2) is 11.3 Å². The molecule has 0 saturated carbocycles. The molecule has 0 saturated heterocycles. The van der Waals surface area contributed by atoms with E-state index in [1.165, 1.54) is 6.08 Å². The van der Waals surface area contributed by atoms with Crippen molar-refractivity contribution in [1.82, 2.24) is 0 Å². The maximum atomic E-state index is 10.1. The number of carbonyl (C=O) groups excluding carboxylic acids is 1. The maximum Gasteiger partial charge on any atom is 0.142 e. The first-order valence-electron chi connectivity index (χ1n) is 3.76. The summed E-state index contributed by atoms with van der Waals surface area (Å²) >= 11 is 4.82. The van der Waals surface area contributed by atoms with Gasteiger partial charge in [-0.05, 0) is 17.7 Å². The molecule has 13 heavy (non-hydrogen) atoms. The Morgan fingerprint density at radius 1 is 1.46 bits per heavy atom. The van der Waals surface area contributed by atoms with Crippen LogP contribution >= 0.6 is 12.2 Å². The van der Waals surface area contributed by atoms with Crippen LogP contribution in [0.1, 0.15) is 11.1 Å². The number of rotatable bonds is 3. The van der Waals surface area contributed by atoms with E-state index < -0.39 is 0 Å². The average Bonchev–Trinajstić information content (AvgIpc) is 2.15. The van der Waals surface area contributed by atoms with Crippen molar-refractivity contribution in [2.24, 2.45) is 5.73 Å². The third kappa shape index (κ3) is 2.80. The van der Waals surface area contributed by atoms with Crippen LogP contribution in [0.4, 0.5) is 0 Å². The van der Waals surface area contributed by atoms with E-state index in [4.69, 9.17) is 18.0 Å². The SMILES string of the molecule is NC(=S)c1cccc(C=CC=O)c1. The highest BCUT2D eigenvalue weighted by molar-refractivity contribution is 7.80. The van der Waals surface area contributed by atoms with Crippen LogP contribution in [0.3, 0.4) is 0 Å². The summed E-state index contributed by atoms with van der Waals surface area (Å²) in [5, 5.41) is 0. The van der Waals surface area contributed by atoms with Gasteiger partial charge < -0.3 is 5.73 Å². The van der Waals surface area contributed by atoms with Gasteiger partial charge in [-0.25, -0.2) is 0 Å². The second-order valence-corrected chi connectivity index (χ2v) is 2.92. The molecule has 3 heteroatoms. The van der Waals surface area contributed by atoms with Crippen molar-refractivity contribution < 1.29 is 4.79 Å². The van der Waals surface area contributed by atoms with E-state index in [1.807, 2.05) is 24.3 Å². The monoisotopic (exact) mass is 191 g/mol. The van der Waals surface area contributed by atoms with Gasteiger partial charge >= 0.3 is 0 Å². The van der Waals surface area contributed by atoms with Gasteiger partial charge in [-0.15, -0.1) is 0 Å². The molecule has 0 amide bonds. The molecule has 1 rings (SSSR count). The van der Waals surface area contributed by atoms with E-state index in [0.717, 1.165) is 17.4 Å². The van der Waals surface area contributed by atoms with Crippen molar-refractivity contribution in [1.29, 1.82) is 0 Å². The van der Waals surface area contributed by atoms with Crippen LogP contribution in [0.2, 0.25) is 0 Å². The van der Waals surface area contributed by atoms with Crippen molar-refractivity contribution in [3.63, 3.8) is 0 Å². The highest BCUT2D eigenvalue weighted by Gasteiger charge is 1.94. The topological polar surface area (TPSA) is 43.1 Å². The zero-order valence-corrected chi connectivity index (χ0v) is 7.75. The molecule has 0 aliphatic heterocycles. The fourth-order valence-electron chi connectivity index (χ4n) is 0.946. The number of thiocarbonyl (C=S) groups is 1. The number of nitrogens with two attached hydrogens (primary N) is 1. The minimum absolute atomic E-state index is 0.362. The molecular formula is C10H9NOS. The molecule has 0 bridgehead atoms. The summed E-state index contributed by atoms with van der Waals surface area (Å²) in [6, 6.07) is 7.39. The smallest absolute Gasteiger partial charge is 0.142 e. The third-order valence-corrected chi connectivity index (χ3v) is 1.77. The molecule has 2 nitrogen and oxygen atoms in total. The molecule has 66 valence electrons. The summed E-state index contributed by atoms with van der Waals surface area (Å²) in [5.74, 6) is 0. The molecule has 0 aliphatic carbocycles. The molecule has 1 aromatic carbocycles. The number of carbonyl (C=O) groups is 1. The second kappa shape index (κ2) is 4.52. The summed E-state index contributed by atoms with van der Waals surface area (Å²) < 4.78 is 0. The molecule has 0 heterocycles. The largest absolute Gasteiger partial charge is 0.389 e. The molecule has 2 N–H and O–H groups in total. The van der Waals surface area contributed by atoms with Gasteiger partial charge in [-0.1, -0.05) is 36.5 Å². The Hall–Kier alpha value is -1.48. The minimum Gasteiger partial charge on any atom is -0.389 e. The molecule has 0 spiro atoms. The van der Waals surface area contributed by atoms with Crippen LogP contribution < -0.4 is 5.73 Å². The Balaban J connectivity index is 2.98. The van der Waals surface area contributed by atoms with Gasteiger partial charge in [-0.3, -0.25) is 4.79 Å². The highest BCUT2D eigenvalue weighted by atomic mass is 32.1. The molecule has 1 aromatic rings. The van der Waals surface area contributed by atoms with Crippen molar-refractivity contribution >= 4 is 29.6 Å². The van der Waals surface area contributed by atoms with E-state index in [-0.39, 0.29) is 0 Å². The molecule has 0 aliphatic rings. The lowest BCUT2D eigenvalue weighted by atomic mass is 10.1. The molecule has 0 fully saturated rings. The number of benzene rings is 1. The van der Waals surface area contributed by atoms with Crippen LogP contribution in [0, 0.1) is 0 Å². The van der Waals surface area contributed by atoms with Crippen LogP contribution in [0.5, 0.6) is 0 Å². The van der Waals surface area contributed by atoms with Crippen LogP contribution in [-0.2, 0) is 4.79 Å². The Morgan fingerprint density at radius 3 is 2.85 bits per heavy atom. The number of allylic oxidation sites excluding steroid dienone is 1. The molecule has 0 unspecified atom stereocenters. The van der Waals surface area contributed by atoms with Crippen molar-refractivity contribution in [3.8, 4) is 0 Å².